The van der Waals surface area contributed by atoms with Crippen molar-refractivity contribution in [3.63, 3.8) is 0 Å². The molecule has 14 heavy (non-hydrogen) atoms. The first-order valence-electron chi connectivity index (χ1n) is 4.15. The Morgan fingerprint density at radius 2 is 1.93 bits per heavy atom. The third-order valence-electron chi connectivity index (χ3n) is 2.67. The number of rotatable bonds is 2. The number of hydrogen-bond donors (Lipinski definition) is 1. The van der Waals surface area contributed by atoms with Gasteiger partial charge in [0.1, 0.15) is 0 Å². The predicted molar refractivity (Wildman–Crippen MR) is 43.6 cm³/mol. The van der Waals surface area contributed by atoms with Gasteiger partial charge < -0.3 is 5.11 Å². The van der Waals surface area contributed by atoms with Crippen molar-refractivity contribution in [2.24, 2.45) is 17.3 Å². The van der Waals surface area contributed by atoms with Crippen molar-refractivity contribution in [3.8, 4) is 0 Å². The zero-order chi connectivity index (χ0) is 11.1. The molecule has 0 aliphatic heterocycles. The van der Waals surface area contributed by atoms with E-state index in [1.54, 1.807) is 13.8 Å². The molecule has 0 spiro atoms. The first-order valence-corrected chi connectivity index (χ1v) is 4.15. The largest absolute Gasteiger partial charge is 0.481 e. The molecule has 0 aromatic heterocycles. The molecule has 5 heteroatoms. The SMILES string of the molecule is CC1(C)[C@H](C(=O)O)[C@@H]1/C=C\C(F)(F)F. The van der Waals surface area contributed by atoms with Crippen LogP contribution in [0.5, 0.6) is 0 Å². The van der Waals surface area contributed by atoms with Gasteiger partial charge in [0.05, 0.1) is 5.92 Å². The Morgan fingerprint density at radius 3 is 2.21 bits per heavy atom. The molecule has 0 aromatic rings. The van der Waals surface area contributed by atoms with E-state index in [2.05, 4.69) is 0 Å². The van der Waals surface area contributed by atoms with E-state index in [1.807, 2.05) is 0 Å². The molecule has 0 saturated heterocycles. The number of carbonyl (C=O) groups is 1. The van der Waals surface area contributed by atoms with Gasteiger partial charge in [-0.25, -0.2) is 0 Å². The van der Waals surface area contributed by atoms with Gasteiger partial charge in [-0.3, -0.25) is 4.79 Å². The highest BCUT2D eigenvalue weighted by Crippen LogP contribution is 2.59. The van der Waals surface area contributed by atoms with E-state index >= 15 is 0 Å². The van der Waals surface area contributed by atoms with Crippen LogP contribution in [0.2, 0.25) is 0 Å². The van der Waals surface area contributed by atoms with Crippen LogP contribution in [0.25, 0.3) is 0 Å². The lowest BCUT2D eigenvalue weighted by Crippen LogP contribution is -2.03. The third kappa shape index (κ3) is 2.08. The van der Waals surface area contributed by atoms with Crippen molar-refractivity contribution in [2.75, 3.05) is 0 Å². The van der Waals surface area contributed by atoms with Gasteiger partial charge in [-0.05, 0) is 11.3 Å². The molecular formula is C9H11F3O2. The highest BCUT2D eigenvalue weighted by atomic mass is 19.4. The van der Waals surface area contributed by atoms with E-state index in [0.29, 0.717) is 0 Å². The van der Waals surface area contributed by atoms with Gasteiger partial charge in [0, 0.05) is 6.08 Å². The van der Waals surface area contributed by atoms with Crippen LogP contribution < -0.4 is 0 Å². The Kier molecular flexibility index (Phi) is 2.37. The number of carboxylic acid groups (broad SMARTS) is 1. The van der Waals surface area contributed by atoms with Crippen LogP contribution in [-0.4, -0.2) is 17.3 Å². The second-order valence-electron chi connectivity index (χ2n) is 4.06. The maximum absolute atomic E-state index is 11.8. The molecule has 80 valence electrons. The molecule has 1 aliphatic carbocycles. The normalized spacial score (nSPS) is 30.6. The fourth-order valence-electron chi connectivity index (χ4n) is 1.72. The summed E-state index contributed by atoms with van der Waals surface area (Å²) in [6.07, 6.45) is -3.30. The lowest BCUT2D eigenvalue weighted by atomic mass is 10.1. The summed E-state index contributed by atoms with van der Waals surface area (Å²) >= 11 is 0. The number of hydrogen-bond acceptors (Lipinski definition) is 1. The molecule has 0 unspecified atom stereocenters. The van der Waals surface area contributed by atoms with Gasteiger partial charge in [0.2, 0.25) is 0 Å². The summed E-state index contributed by atoms with van der Waals surface area (Å²) in [5.41, 5.74) is -0.562. The molecule has 0 amide bonds. The third-order valence-corrected chi connectivity index (χ3v) is 2.67. The predicted octanol–water partition coefficient (Wildman–Crippen LogP) is 2.46. The van der Waals surface area contributed by atoms with Gasteiger partial charge >= 0.3 is 12.1 Å². The summed E-state index contributed by atoms with van der Waals surface area (Å²) in [5.74, 6) is -2.24. The van der Waals surface area contributed by atoms with E-state index in [1.165, 1.54) is 0 Å². The summed E-state index contributed by atoms with van der Waals surface area (Å²) in [4.78, 5) is 10.6. The summed E-state index contributed by atoms with van der Waals surface area (Å²) in [7, 11) is 0. The molecule has 0 heterocycles. The molecule has 0 aromatic carbocycles. The van der Waals surface area contributed by atoms with Crippen molar-refractivity contribution >= 4 is 5.97 Å². The van der Waals surface area contributed by atoms with E-state index in [9.17, 15) is 18.0 Å². The fourth-order valence-corrected chi connectivity index (χ4v) is 1.72. The van der Waals surface area contributed by atoms with E-state index in [4.69, 9.17) is 5.11 Å². The molecule has 1 aliphatic rings. The second-order valence-corrected chi connectivity index (χ2v) is 4.06. The van der Waals surface area contributed by atoms with Crippen molar-refractivity contribution in [1.82, 2.24) is 0 Å². The van der Waals surface area contributed by atoms with Crippen LogP contribution in [0, 0.1) is 17.3 Å². The van der Waals surface area contributed by atoms with Crippen molar-refractivity contribution in [2.45, 2.75) is 20.0 Å². The quantitative estimate of drug-likeness (QED) is 0.708. The van der Waals surface area contributed by atoms with Gasteiger partial charge in [0.15, 0.2) is 0 Å². The molecule has 0 bridgehead atoms. The van der Waals surface area contributed by atoms with Gasteiger partial charge in [0.25, 0.3) is 0 Å². The molecular weight excluding hydrogens is 197 g/mol. The smallest absolute Gasteiger partial charge is 0.409 e. The maximum Gasteiger partial charge on any atom is 0.409 e. The van der Waals surface area contributed by atoms with Crippen molar-refractivity contribution in [1.29, 1.82) is 0 Å². The lowest BCUT2D eigenvalue weighted by Gasteiger charge is -1.98. The number of halogens is 3. The lowest BCUT2D eigenvalue weighted by molar-refractivity contribution is -0.139. The minimum atomic E-state index is -4.36. The van der Waals surface area contributed by atoms with Crippen LogP contribution in [-0.2, 0) is 4.79 Å². The Balaban J connectivity index is 2.67. The minimum Gasteiger partial charge on any atom is -0.481 e. The Morgan fingerprint density at radius 1 is 1.43 bits per heavy atom. The Labute approximate surface area is 79.4 Å². The van der Waals surface area contributed by atoms with Crippen molar-refractivity contribution < 1.29 is 23.1 Å². The maximum atomic E-state index is 11.8. The molecule has 1 rings (SSSR count). The molecule has 2 nitrogen and oxygen atoms in total. The van der Waals surface area contributed by atoms with E-state index in [0.717, 1.165) is 6.08 Å². The first kappa shape index (κ1) is 11.1. The van der Waals surface area contributed by atoms with Crippen LogP contribution in [0.4, 0.5) is 13.2 Å². The van der Waals surface area contributed by atoms with Gasteiger partial charge in [-0.1, -0.05) is 19.9 Å². The zero-order valence-corrected chi connectivity index (χ0v) is 7.80. The fraction of sp³-hybridized carbons (Fsp3) is 0.667. The highest BCUT2D eigenvalue weighted by Gasteiger charge is 2.60. The van der Waals surface area contributed by atoms with Crippen LogP contribution in [0.15, 0.2) is 12.2 Å². The summed E-state index contributed by atoms with van der Waals surface area (Å²) in [6, 6.07) is 0. The number of carboxylic acids is 1. The molecule has 0 radical (unpaired) electrons. The topological polar surface area (TPSA) is 37.3 Å². The van der Waals surface area contributed by atoms with Crippen LogP contribution in [0.1, 0.15) is 13.8 Å². The number of alkyl halides is 3. The zero-order valence-electron chi connectivity index (χ0n) is 7.80. The average molecular weight is 208 g/mol. The standard InChI is InChI=1S/C9H11F3O2/c1-8(2)5(6(8)7(13)14)3-4-9(10,11)12/h3-6H,1-2H3,(H,13,14)/b4-3-/t5-,6-/m0/s1. The molecule has 1 N–H and O–H groups in total. The molecule has 1 fully saturated rings. The van der Waals surface area contributed by atoms with E-state index < -0.39 is 29.4 Å². The van der Waals surface area contributed by atoms with Crippen LogP contribution in [0.3, 0.4) is 0 Å². The summed E-state index contributed by atoms with van der Waals surface area (Å²) in [5, 5.41) is 8.67. The summed E-state index contributed by atoms with van der Waals surface area (Å²) < 4.78 is 35.4. The second kappa shape index (κ2) is 3.00. The minimum absolute atomic E-state index is 0.113. The highest BCUT2D eigenvalue weighted by molar-refractivity contribution is 5.76. The van der Waals surface area contributed by atoms with Gasteiger partial charge in [-0.15, -0.1) is 0 Å². The monoisotopic (exact) mass is 208 g/mol. The van der Waals surface area contributed by atoms with Gasteiger partial charge in [-0.2, -0.15) is 13.2 Å². The number of aliphatic carboxylic acids is 1. The Bertz CT molecular complexity index is 278. The molecule has 1 saturated carbocycles. The number of allylic oxidation sites excluding steroid dienone is 2. The Hall–Kier alpha value is -1.00. The summed E-state index contributed by atoms with van der Waals surface area (Å²) in [6.45, 7) is 3.30. The average Bonchev–Trinajstić information content (AvgIpc) is 2.47. The van der Waals surface area contributed by atoms with Crippen LogP contribution >= 0.6 is 0 Å². The van der Waals surface area contributed by atoms with Crippen molar-refractivity contribution in [3.05, 3.63) is 12.2 Å². The first-order chi connectivity index (χ1) is 6.16. The molecule has 2 atom stereocenters. The van der Waals surface area contributed by atoms with E-state index in [-0.39, 0.29) is 6.08 Å².